The number of hydrazine groups is 1. The van der Waals surface area contributed by atoms with Crippen LogP contribution in [0.1, 0.15) is 42.1 Å². The maximum absolute atomic E-state index is 12.8. The zero-order chi connectivity index (χ0) is 18.0. The van der Waals surface area contributed by atoms with Crippen LogP contribution in [0.15, 0.2) is 23.1 Å². The molecule has 1 N–H and O–H groups in total. The molecule has 0 bridgehead atoms. The van der Waals surface area contributed by atoms with Crippen LogP contribution in [0, 0.1) is 6.92 Å². The summed E-state index contributed by atoms with van der Waals surface area (Å²) in [5, 5.41) is 2.73. The standard InChI is InChI=1S/C19H25N3O3/c1-4-21-12-16(19(24)25-3)18(23)15-11-14(10-13(2)17(15)21)20-22-8-6-5-7-9-22/h10-12,20H,4-9H2,1-3H3. The van der Waals surface area contributed by atoms with Crippen molar-refractivity contribution in [1.82, 2.24) is 9.58 Å². The molecule has 0 amide bonds. The first-order chi connectivity index (χ1) is 12.0. The number of methoxy groups -OCH3 is 1. The third-order valence-corrected chi connectivity index (χ3v) is 4.75. The largest absolute Gasteiger partial charge is 0.465 e. The molecule has 3 rings (SSSR count). The Hall–Kier alpha value is -2.34. The summed E-state index contributed by atoms with van der Waals surface area (Å²) in [7, 11) is 1.29. The molecule has 1 aromatic heterocycles. The second-order valence-corrected chi connectivity index (χ2v) is 6.50. The normalized spacial score (nSPS) is 15.3. The number of fused-ring (bicyclic) bond motifs is 1. The SMILES string of the molecule is CCn1cc(C(=O)OC)c(=O)c2cc(NN3CCCCC3)cc(C)c21. The molecule has 2 heterocycles. The fourth-order valence-electron chi connectivity index (χ4n) is 3.52. The van der Waals surface area contributed by atoms with Gasteiger partial charge in [0.25, 0.3) is 0 Å². The summed E-state index contributed by atoms with van der Waals surface area (Å²) in [6.45, 7) is 6.65. The minimum atomic E-state index is -0.596. The monoisotopic (exact) mass is 343 g/mol. The number of hydrogen-bond donors (Lipinski definition) is 1. The van der Waals surface area contributed by atoms with Gasteiger partial charge in [-0.05, 0) is 44.4 Å². The fraction of sp³-hybridized carbons (Fsp3) is 0.474. The predicted octanol–water partition coefficient (Wildman–Crippen LogP) is 2.93. The van der Waals surface area contributed by atoms with Gasteiger partial charge in [0.2, 0.25) is 5.43 Å². The fourth-order valence-corrected chi connectivity index (χ4v) is 3.52. The zero-order valence-corrected chi connectivity index (χ0v) is 15.1. The summed E-state index contributed by atoms with van der Waals surface area (Å²) in [6, 6.07) is 3.90. The van der Waals surface area contributed by atoms with Gasteiger partial charge >= 0.3 is 5.97 Å². The molecule has 0 saturated carbocycles. The van der Waals surface area contributed by atoms with Gasteiger partial charge in [-0.2, -0.15) is 0 Å². The Morgan fingerprint density at radius 1 is 1.24 bits per heavy atom. The van der Waals surface area contributed by atoms with Crippen LogP contribution in [-0.2, 0) is 11.3 Å². The van der Waals surface area contributed by atoms with Crippen LogP contribution >= 0.6 is 0 Å². The highest BCUT2D eigenvalue weighted by Crippen LogP contribution is 2.23. The van der Waals surface area contributed by atoms with Gasteiger partial charge in [-0.3, -0.25) is 4.79 Å². The number of aryl methyl sites for hydroxylation is 2. The van der Waals surface area contributed by atoms with Gasteiger partial charge < -0.3 is 14.7 Å². The van der Waals surface area contributed by atoms with Crippen molar-refractivity contribution in [3.05, 3.63) is 39.7 Å². The van der Waals surface area contributed by atoms with E-state index >= 15 is 0 Å². The van der Waals surface area contributed by atoms with E-state index in [1.807, 2.05) is 24.5 Å². The van der Waals surface area contributed by atoms with E-state index in [0.29, 0.717) is 11.9 Å². The second-order valence-electron chi connectivity index (χ2n) is 6.50. The van der Waals surface area contributed by atoms with Crippen molar-refractivity contribution in [3.8, 4) is 0 Å². The summed E-state index contributed by atoms with van der Waals surface area (Å²) >= 11 is 0. The van der Waals surface area contributed by atoms with Crippen LogP contribution in [0.5, 0.6) is 0 Å². The Labute approximate surface area is 147 Å². The maximum Gasteiger partial charge on any atom is 0.343 e. The van der Waals surface area contributed by atoms with Crippen molar-refractivity contribution in [2.45, 2.75) is 39.7 Å². The second kappa shape index (κ2) is 7.27. The third kappa shape index (κ3) is 3.39. The molecule has 1 aliphatic heterocycles. The summed E-state index contributed by atoms with van der Waals surface area (Å²) in [4.78, 5) is 24.8. The van der Waals surface area contributed by atoms with Crippen LogP contribution in [-0.4, -0.2) is 35.7 Å². The number of carbonyl (C=O) groups excluding carboxylic acids is 1. The molecular formula is C19H25N3O3. The number of ether oxygens (including phenoxy) is 1. The summed E-state index contributed by atoms with van der Waals surface area (Å²) < 4.78 is 6.70. The van der Waals surface area contributed by atoms with Gasteiger partial charge in [0.05, 0.1) is 18.3 Å². The summed E-state index contributed by atoms with van der Waals surface area (Å²) in [5.41, 5.74) is 5.96. The number of nitrogens with one attached hydrogen (secondary N) is 1. The van der Waals surface area contributed by atoms with E-state index in [9.17, 15) is 9.59 Å². The molecule has 1 fully saturated rings. The van der Waals surface area contributed by atoms with Crippen LogP contribution in [0.3, 0.4) is 0 Å². The molecule has 2 aromatic rings. The number of pyridine rings is 1. The van der Waals surface area contributed by atoms with E-state index in [4.69, 9.17) is 4.74 Å². The number of piperidine rings is 1. The van der Waals surface area contributed by atoms with Crippen LogP contribution in [0.2, 0.25) is 0 Å². The number of rotatable bonds is 4. The smallest absolute Gasteiger partial charge is 0.343 e. The first kappa shape index (κ1) is 17.5. The lowest BCUT2D eigenvalue weighted by atomic mass is 10.1. The molecule has 0 unspecified atom stereocenters. The van der Waals surface area contributed by atoms with Gasteiger partial charge in [-0.25, -0.2) is 9.80 Å². The number of anilines is 1. The Bertz CT molecular complexity index is 851. The molecule has 0 spiro atoms. The lowest BCUT2D eigenvalue weighted by Gasteiger charge is -2.28. The molecule has 6 nitrogen and oxygen atoms in total. The zero-order valence-electron chi connectivity index (χ0n) is 15.1. The van der Waals surface area contributed by atoms with Crippen molar-refractivity contribution in [1.29, 1.82) is 0 Å². The average molecular weight is 343 g/mol. The van der Waals surface area contributed by atoms with E-state index in [2.05, 4.69) is 16.5 Å². The van der Waals surface area contributed by atoms with Gasteiger partial charge in [0.1, 0.15) is 5.56 Å². The minimum Gasteiger partial charge on any atom is -0.465 e. The molecule has 1 aliphatic rings. The Morgan fingerprint density at radius 3 is 2.60 bits per heavy atom. The number of nitrogens with zero attached hydrogens (tertiary/aromatic N) is 2. The average Bonchev–Trinajstić information content (AvgIpc) is 2.62. The van der Waals surface area contributed by atoms with Crippen molar-refractivity contribution in [3.63, 3.8) is 0 Å². The van der Waals surface area contributed by atoms with Gasteiger partial charge in [0, 0.05) is 31.2 Å². The Balaban J connectivity index is 2.12. The maximum atomic E-state index is 12.8. The lowest BCUT2D eigenvalue weighted by Crippen LogP contribution is -2.34. The van der Waals surface area contributed by atoms with Crippen LogP contribution < -0.4 is 10.9 Å². The van der Waals surface area contributed by atoms with E-state index in [1.54, 1.807) is 6.20 Å². The number of aromatic nitrogens is 1. The van der Waals surface area contributed by atoms with E-state index in [0.717, 1.165) is 29.9 Å². The highest BCUT2D eigenvalue weighted by Gasteiger charge is 2.18. The van der Waals surface area contributed by atoms with Gasteiger partial charge in [-0.1, -0.05) is 6.42 Å². The highest BCUT2D eigenvalue weighted by atomic mass is 16.5. The van der Waals surface area contributed by atoms with Crippen molar-refractivity contribution >= 4 is 22.6 Å². The highest BCUT2D eigenvalue weighted by molar-refractivity contribution is 5.95. The van der Waals surface area contributed by atoms with E-state index in [1.165, 1.54) is 26.4 Å². The molecule has 0 aliphatic carbocycles. The molecule has 1 saturated heterocycles. The van der Waals surface area contributed by atoms with Crippen molar-refractivity contribution < 1.29 is 9.53 Å². The first-order valence-electron chi connectivity index (χ1n) is 8.83. The van der Waals surface area contributed by atoms with Crippen molar-refractivity contribution in [2.24, 2.45) is 0 Å². The number of esters is 1. The molecule has 1 aromatic carbocycles. The van der Waals surface area contributed by atoms with Crippen LogP contribution in [0.4, 0.5) is 5.69 Å². The predicted molar refractivity (Wildman–Crippen MR) is 99.0 cm³/mol. The molecule has 0 radical (unpaired) electrons. The van der Waals surface area contributed by atoms with E-state index in [-0.39, 0.29) is 11.0 Å². The summed E-state index contributed by atoms with van der Waals surface area (Å²) in [6.07, 6.45) is 5.21. The topological polar surface area (TPSA) is 63.6 Å². The number of benzene rings is 1. The molecule has 0 atom stereocenters. The Morgan fingerprint density at radius 2 is 1.96 bits per heavy atom. The minimum absolute atomic E-state index is 0.0753. The number of hydrogen-bond acceptors (Lipinski definition) is 5. The third-order valence-electron chi connectivity index (χ3n) is 4.75. The molecule has 134 valence electrons. The van der Waals surface area contributed by atoms with Crippen LogP contribution in [0.25, 0.3) is 10.9 Å². The van der Waals surface area contributed by atoms with E-state index < -0.39 is 5.97 Å². The molecular weight excluding hydrogens is 318 g/mol. The van der Waals surface area contributed by atoms with Gasteiger partial charge in [0.15, 0.2) is 0 Å². The Kier molecular flexibility index (Phi) is 5.08. The summed E-state index contributed by atoms with van der Waals surface area (Å²) in [5.74, 6) is -0.596. The van der Waals surface area contributed by atoms with Gasteiger partial charge in [-0.15, -0.1) is 0 Å². The van der Waals surface area contributed by atoms with Crippen molar-refractivity contribution in [2.75, 3.05) is 25.6 Å². The molecule has 25 heavy (non-hydrogen) atoms. The first-order valence-corrected chi connectivity index (χ1v) is 8.83. The number of carbonyl (C=O) groups is 1. The molecule has 6 heteroatoms. The lowest BCUT2D eigenvalue weighted by molar-refractivity contribution is 0.0598. The quantitative estimate of drug-likeness (QED) is 0.865.